The summed E-state index contributed by atoms with van der Waals surface area (Å²) in [6.45, 7) is 0.948. The van der Waals surface area contributed by atoms with Gasteiger partial charge in [-0.25, -0.2) is 0 Å². The largest absolute Gasteiger partial charge is 0.522 e. The third-order valence-corrected chi connectivity index (χ3v) is 2.84. The summed E-state index contributed by atoms with van der Waals surface area (Å²) >= 11 is 0. The molecular weight excluding hydrogens is 297 g/mol. The van der Waals surface area contributed by atoms with Crippen LogP contribution in [0.25, 0.3) is 0 Å². The summed E-state index contributed by atoms with van der Waals surface area (Å²) < 4.78 is 57.5. The van der Waals surface area contributed by atoms with Crippen molar-refractivity contribution in [2.45, 2.75) is 5.51 Å². The van der Waals surface area contributed by atoms with E-state index in [4.69, 9.17) is 13.0 Å². The molecule has 1 heterocycles. The van der Waals surface area contributed by atoms with Crippen molar-refractivity contribution in [3.8, 4) is 0 Å². The van der Waals surface area contributed by atoms with Crippen LogP contribution in [0.2, 0.25) is 0 Å². The Hall–Kier alpha value is -1.74. The molecule has 0 saturated carbocycles. The zero-order valence-electron chi connectivity index (χ0n) is 10.4. The molecule has 0 spiro atoms. The second-order valence-corrected chi connectivity index (χ2v) is 5.34. The van der Waals surface area contributed by atoms with Gasteiger partial charge in [0.15, 0.2) is 0 Å². The van der Waals surface area contributed by atoms with Crippen LogP contribution < -0.4 is 4.90 Å². The highest BCUT2D eigenvalue weighted by atomic mass is 32.2. The van der Waals surface area contributed by atoms with E-state index in [0.717, 1.165) is 6.67 Å². The van der Waals surface area contributed by atoms with Crippen molar-refractivity contribution >= 4 is 15.8 Å². The summed E-state index contributed by atoms with van der Waals surface area (Å²) in [5, 5.41) is 0. The number of halogens is 3. The van der Waals surface area contributed by atoms with Crippen LogP contribution in [-0.4, -0.2) is 37.1 Å². The Bertz CT molecular complexity index is 558. The van der Waals surface area contributed by atoms with Gasteiger partial charge in [0.1, 0.15) is 0 Å². The third kappa shape index (κ3) is 4.74. The van der Waals surface area contributed by atoms with Gasteiger partial charge in [0, 0.05) is 25.1 Å². The molecule has 0 radical (unpaired) electrons. The maximum atomic E-state index is 10.7. The second kappa shape index (κ2) is 6.14. The highest BCUT2D eigenvalue weighted by molar-refractivity contribution is 7.86. The van der Waals surface area contributed by atoms with Gasteiger partial charge in [0.05, 0.1) is 6.67 Å². The van der Waals surface area contributed by atoms with E-state index < -0.39 is 15.6 Å². The molecule has 0 aliphatic carbocycles. The Balaban J connectivity index is 0.000000221. The van der Waals surface area contributed by atoms with E-state index in [0.29, 0.717) is 0 Å². The molecule has 1 aromatic carbocycles. The lowest BCUT2D eigenvalue weighted by Gasteiger charge is -2.17. The molecule has 0 amide bonds. The number of hydrogen-bond donors (Lipinski definition) is 1. The number of para-hydroxylation sites is 1. The van der Waals surface area contributed by atoms with Gasteiger partial charge in [-0.3, -0.25) is 4.55 Å². The van der Waals surface area contributed by atoms with Crippen LogP contribution in [-0.2, 0) is 10.1 Å². The van der Waals surface area contributed by atoms with Crippen LogP contribution in [0.3, 0.4) is 0 Å². The van der Waals surface area contributed by atoms with Gasteiger partial charge in [0.2, 0.25) is 0 Å². The molecule has 0 atom stereocenters. The maximum Gasteiger partial charge on any atom is 0.522 e. The fourth-order valence-corrected chi connectivity index (χ4v) is 1.32. The van der Waals surface area contributed by atoms with Crippen molar-refractivity contribution in [1.29, 1.82) is 0 Å². The highest BCUT2D eigenvalue weighted by Crippen LogP contribution is 2.20. The Labute approximate surface area is 114 Å². The van der Waals surface area contributed by atoms with Gasteiger partial charge in [-0.1, -0.05) is 18.2 Å². The number of hydrogen-bond acceptors (Lipinski definition) is 4. The minimum absolute atomic E-state index is 0.948. The molecule has 5 nitrogen and oxygen atoms in total. The summed E-state index contributed by atoms with van der Waals surface area (Å²) in [6.07, 6.45) is 4.17. The van der Waals surface area contributed by atoms with Crippen LogP contribution in [0.5, 0.6) is 0 Å². The molecule has 0 aromatic heterocycles. The van der Waals surface area contributed by atoms with Crippen molar-refractivity contribution in [3.63, 3.8) is 0 Å². The molecule has 0 bridgehead atoms. The minimum atomic E-state index is -5.84. The van der Waals surface area contributed by atoms with Crippen molar-refractivity contribution in [2.24, 2.45) is 0 Å². The van der Waals surface area contributed by atoms with E-state index >= 15 is 0 Å². The molecule has 0 fully saturated rings. The van der Waals surface area contributed by atoms with Gasteiger partial charge in [-0.05, 0) is 12.1 Å². The van der Waals surface area contributed by atoms with E-state index in [2.05, 4.69) is 53.5 Å². The average Bonchev–Trinajstić information content (AvgIpc) is 2.75. The van der Waals surface area contributed by atoms with Gasteiger partial charge in [0.25, 0.3) is 0 Å². The molecule has 1 N–H and O–H groups in total. The average molecular weight is 310 g/mol. The summed E-state index contributed by atoms with van der Waals surface area (Å²) in [5.41, 5.74) is -4.29. The first kappa shape index (κ1) is 16.3. The Morgan fingerprint density at radius 2 is 1.65 bits per heavy atom. The molecule has 1 aliphatic rings. The van der Waals surface area contributed by atoms with Crippen molar-refractivity contribution < 1.29 is 26.1 Å². The van der Waals surface area contributed by atoms with Gasteiger partial charge in [-0.2, -0.15) is 21.6 Å². The van der Waals surface area contributed by atoms with Gasteiger partial charge >= 0.3 is 15.6 Å². The molecule has 9 heteroatoms. The summed E-state index contributed by atoms with van der Waals surface area (Å²) in [6, 6.07) is 10.4. The van der Waals surface area contributed by atoms with Crippen LogP contribution in [0, 0.1) is 0 Å². The van der Waals surface area contributed by atoms with Crippen LogP contribution in [0.15, 0.2) is 42.7 Å². The maximum absolute atomic E-state index is 10.7. The number of nitrogens with zero attached hydrogens (tertiary/aromatic N) is 2. The second-order valence-electron chi connectivity index (χ2n) is 3.92. The monoisotopic (exact) mass is 310 g/mol. The fraction of sp³-hybridized carbons (Fsp3) is 0.273. The van der Waals surface area contributed by atoms with E-state index in [9.17, 15) is 13.2 Å². The lowest BCUT2D eigenvalue weighted by molar-refractivity contribution is -0.0510. The summed E-state index contributed by atoms with van der Waals surface area (Å²) in [4.78, 5) is 4.35. The Kier molecular flexibility index (Phi) is 5.01. The topological polar surface area (TPSA) is 60.9 Å². The number of alkyl halides is 3. The van der Waals surface area contributed by atoms with Crippen molar-refractivity contribution in [1.82, 2.24) is 4.90 Å². The summed E-state index contributed by atoms with van der Waals surface area (Å²) in [7, 11) is -3.77. The van der Waals surface area contributed by atoms with Crippen LogP contribution in [0.4, 0.5) is 18.9 Å². The lowest BCUT2D eigenvalue weighted by Crippen LogP contribution is -2.21. The molecule has 0 unspecified atom stereocenters. The molecule has 0 saturated heterocycles. The van der Waals surface area contributed by atoms with Crippen molar-refractivity contribution in [3.05, 3.63) is 42.7 Å². The van der Waals surface area contributed by atoms with E-state index in [1.165, 1.54) is 5.69 Å². The number of rotatable bonds is 1. The molecule has 20 heavy (non-hydrogen) atoms. The molecule has 112 valence electrons. The molecule has 2 rings (SSSR count). The number of benzene rings is 1. The smallest absolute Gasteiger partial charge is 0.361 e. The standard InChI is InChI=1S/C10H12N2.CHF3O3S/c1-11-7-8-12(9-11)10-5-3-2-4-6-10;2-1(3,4)8(5,6)7/h2-8H,9H2,1H3;(H,5,6,7). The first-order valence-corrected chi connectivity index (χ1v) is 6.79. The Morgan fingerprint density at radius 1 is 1.15 bits per heavy atom. The quantitative estimate of drug-likeness (QED) is 0.637. The molecule has 1 aliphatic heterocycles. The zero-order valence-corrected chi connectivity index (χ0v) is 11.3. The van der Waals surface area contributed by atoms with Gasteiger partial charge < -0.3 is 9.80 Å². The SMILES string of the molecule is CN1C=CN(c2ccccc2)C1.O=S(=O)(O)C(F)(F)F. The van der Waals surface area contributed by atoms with Gasteiger partial charge in [-0.15, -0.1) is 0 Å². The first-order valence-electron chi connectivity index (χ1n) is 5.35. The van der Waals surface area contributed by atoms with Crippen molar-refractivity contribution in [2.75, 3.05) is 18.6 Å². The number of anilines is 1. The molecular formula is C11H13F3N2O3S. The fourth-order valence-electron chi connectivity index (χ4n) is 1.32. The van der Waals surface area contributed by atoms with E-state index in [1.54, 1.807) is 0 Å². The zero-order chi connectivity index (χ0) is 15.4. The first-order chi connectivity index (χ1) is 9.11. The Morgan fingerprint density at radius 3 is 2.00 bits per heavy atom. The normalized spacial score (nSPS) is 15.1. The minimum Gasteiger partial charge on any atom is -0.361 e. The highest BCUT2D eigenvalue weighted by Gasteiger charge is 2.44. The third-order valence-electron chi connectivity index (χ3n) is 2.26. The van der Waals surface area contributed by atoms with Crippen LogP contribution >= 0.6 is 0 Å². The molecule has 1 aromatic rings. The van der Waals surface area contributed by atoms with Crippen LogP contribution in [0.1, 0.15) is 0 Å². The predicted molar refractivity (Wildman–Crippen MR) is 68.3 cm³/mol. The van der Waals surface area contributed by atoms with E-state index in [-0.39, 0.29) is 0 Å². The summed E-state index contributed by atoms with van der Waals surface area (Å²) in [5.74, 6) is 0. The predicted octanol–water partition coefficient (Wildman–Crippen LogP) is 2.26. The lowest BCUT2D eigenvalue weighted by atomic mass is 10.3. The van der Waals surface area contributed by atoms with E-state index in [1.807, 2.05) is 6.07 Å².